The van der Waals surface area contributed by atoms with Gasteiger partial charge in [0.15, 0.2) is 0 Å². The average molecular weight is 373 g/mol. The molecule has 27 heavy (non-hydrogen) atoms. The van der Waals surface area contributed by atoms with E-state index in [1.54, 1.807) is 0 Å². The van der Waals surface area contributed by atoms with Crippen molar-refractivity contribution in [1.29, 1.82) is 0 Å². The molecule has 6 nitrogen and oxygen atoms in total. The number of ether oxygens (including phenoxy) is 1. The van der Waals surface area contributed by atoms with Crippen LogP contribution in [0.4, 0.5) is 0 Å². The van der Waals surface area contributed by atoms with Gasteiger partial charge in [0.25, 0.3) is 0 Å². The molecule has 2 aromatic carbocycles. The third-order valence-corrected chi connectivity index (χ3v) is 3.54. The van der Waals surface area contributed by atoms with Crippen LogP contribution in [0.5, 0.6) is 5.75 Å². The van der Waals surface area contributed by atoms with Gasteiger partial charge in [-0.1, -0.05) is 62.4 Å². The van der Waals surface area contributed by atoms with E-state index in [1.807, 2.05) is 12.1 Å². The summed E-state index contributed by atoms with van der Waals surface area (Å²) in [6.45, 7) is 6.17. The molecule has 0 aliphatic carbocycles. The normalized spacial score (nSPS) is 10.0. The first kappa shape index (κ1) is 22.2. The summed E-state index contributed by atoms with van der Waals surface area (Å²) in [5, 5.41) is 18.2. The summed E-state index contributed by atoms with van der Waals surface area (Å²) < 4.78 is 5.97. The molecule has 0 fully saturated rings. The topological polar surface area (TPSA) is 95.9 Å². The molecule has 2 aromatic rings. The van der Waals surface area contributed by atoms with Crippen LogP contribution in [0.1, 0.15) is 26.7 Å². The van der Waals surface area contributed by atoms with Crippen molar-refractivity contribution in [2.45, 2.75) is 32.7 Å². The van der Waals surface area contributed by atoms with Gasteiger partial charge >= 0.3 is 11.9 Å². The summed E-state index contributed by atoms with van der Waals surface area (Å²) in [5.41, 5.74) is 2.37. The Balaban J connectivity index is 0.000000527. The van der Waals surface area contributed by atoms with E-state index < -0.39 is 11.9 Å². The maximum Gasteiger partial charge on any atom is 0.414 e. The third-order valence-electron chi connectivity index (χ3n) is 3.54. The fraction of sp³-hybridized carbons (Fsp3) is 0.333. The minimum atomic E-state index is -1.82. The van der Waals surface area contributed by atoms with Gasteiger partial charge in [-0.2, -0.15) is 0 Å². The number of unbranched alkanes of at least 4 members (excludes halogenated alkanes) is 1. The average Bonchev–Trinajstić information content (AvgIpc) is 2.66. The Labute approximate surface area is 159 Å². The van der Waals surface area contributed by atoms with Crippen molar-refractivity contribution in [2.24, 2.45) is 0 Å². The Morgan fingerprint density at radius 3 is 2.11 bits per heavy atom. The Bertz CT molecular complexity index is 689. The monoisotopic (exact) mass is 373 g/mol. The lowest BCUT2D eigenvalue weighted by Gasteiger charge is -2.12. The molecule has 0 radical (unpaired) electrons. The van der Waals surface area contributed by atoms with E-state index in [9.17, 15) is 0 Å². The Morgan fingerprint density at radius 1 is 0.926 bits per heavy atom. The van der Waals surface area contributed by atoms with Crippen LogP contribution < -0.4 is 10.1 Å². The van der Waals surface area contributed by atoms with Crippen molar-refractivity contribution in [3.8, 4) is 16.9 Å². The lowest BCUT2D eigenvalue weighted by Crippen LogP contribution is -2.23. The zero-order chi connectivity index (χ0) is 20.1. The number of nitrogens with one attached hydrogen (secondary N) is 1. The van der Waals surface area contributed by atoms with E-state index in [0.717, 1.165) is 31.7 Å². The van der Waals surface area contributed by atoms with Gasteiger partial charge in [-0.15, -0.1) is 0 Å². The molecule has 0 unspecified atom stereocenters. The zero-order valence-electron chi connectivity index (χ0n) is 15.7. The fourth-order valence-electron chi connectivity index (χ4n) is 2.25. The first-order valence-electron chi connectivity index (χ1n) is 8.88. The second-order valence-electron chi connectivity index (χ2n) is 6.14. The van der Waals surface area contributed by atoms with Gasteiger partial charge in [0.2, 0.25) is 0 Å². The van der Waals surface area contributed by atoms with E-state index in [2.05, 4.69) is 61.6 Å². The van der Waals surface area contributed by atoms with Gasteiger partial charge in [-0.05, 0) is 31.0 Å². The molecule has 0 heterocycles. The number of aliphatic carboxylic acids is 2. The Hall–Kier alpha value is -2.86. The van der Waals surface area contributed by atoms with Crippen LogP contribution in [0.15, 0.2) is 54.6 Å². The molecule has 0 aromatic heterocycles. The highest BCUT2D eigenvalue weighted by atomic mass is 16.5. The van der Waals surface area contributed by atoms with E-state index in [-0.39, 0.29) is 0 Å². The number of carboxylic acids is 2. The van der Waals surface area contributed by atoms with Crippen molar-refractivity contribution in [3.63, 3.8) is 0 Å². The lowest BCUT2D eigenvalue weighted by atomic mass is 10.1. The Morgan fingerprint density at radius 2 is 1.52 bits per heavy atom. The van der Waals surface area contributed by atoms with E-state index >= 15 is 0 Å². The van der Waals surface area contributed by atoms with Gasteiger partial charge in [0.05, 0.1) is 6.61 Å². The van der Waals surface area contributed by atoms with Gasteiger partial charge in [-0.25, -0.2) is 9.59 Å². The lowest BCUT2D eigenvalue weighted by molar-refractivity contribution is -0.159. The molecule has 0 spiro atoms. The second kappa shape index (κ2) is 12.5. The molecule has 0 bridgehead atoms. The number of carboxylic acid groups (broad SMARTS) is 2. The first-order chi connectivity index (χ1) is 12.9. The molecular weight excluding hydrogens is 346 g/mol. The molecule has 3 N–H and O–H groups in total. The minimum Gasteiger partial charge on any atom is -0.493 e. The van der Waals surface area contributed by atoms with Gasteiger partial charge in [0, 0.05) is 11.6 Å². The van der Waals surface area contributed by atoms with E-state index in [0.29, 0.717) is 6.04 Å². The molecule has 146 valence electrons. The molecule has 0 atom stereocenters. The number of hydrogen-bond donors (Lipinski definition) is 3. The predicted octanol–water partition coefficient (Wildman–Crippen LogP) is 3.67. The summed E-state index contributed by atoms with van der Waals surface area (Å²) in [4.78, 5) is 18.2. The Kier molecular flexibility index (Phi) is 10.3. The molecule has 0 amide bonds. The number of carbonyl (C=O) groups is 2. The maximum absolute atomic E-state index is 9.10. The van der Waals surface area contributed by atoms with Crippen LogP contribution in [0.3, 0.4) is 0 Å². The quantitative estimate of drug-likeness (QED) is 0.483. The van der Waals surface area contributed by atoms with Crippen molar-refractivity contribution in [1.82, 2.24) is 5.32 Å². The van der Waals surface area contributed by atoms with Crippen molar-refractivity contribution >= 4 is 11.9 Å². The van der Waals surface area contributed by atoms with Gasteiger partial charge in [0.1, 0.15) is 5.75 Å². The highest BCUT2D eigenvalue weighted by Crippen LogP contribution is 2.29. The summed E-state index contributed by atoms with van der Waals surface area (Å²) in [7, 11) is 0. The first-order valence-corrected chi connectivity index (χ1v) is 8.88. The number of rotatable bonds is 8. The van der Waals surface area contributed by atoms with E-state index in [4.69, 9.17) is 24.5 Å². The second-order valence-corrected chi connectivity index (χ2v) is 6.14. The summed E-state index contributed by atoms with van der Waals surface area (Å²) in [6.07, 6.45) is 2.22. The molecule has 0 saturated carbocycles. The molecular formula is C21H27NO5. The SMILES string of the molecule is CC(C)NCCCCOc1ccccc1-c1ccccc1.O=C(O)C(=O)O. The summed E-state index contributed by atoms with van der Waals surface area (Å²) in [6, 6.07) is 19.2. The van der Waals surface area contributed by atoms with Crippen LogP contribution in [0.2, 0.25) is 0 Å². The minimum absolute atomic E-state index is 0.560. The maximum atomic E-state index is 9.10. The fourth-order valence-corrected chi connectivity index (χ4v) is 2.25. The largest absolute Gasteiger partial charge is 0.493 e. The van der Waals surface area contributed by atoms with Crippen molar-refractivity contribution in [3.05, 3.63) is 54.6 Å². The smallest absolute Gasteiger partial charge is 0.414 e. The molecule has 0 saturated heterocycles. The highest BCUT2D eigenvalue weighted by molar-refractivity contribution is 6.27. The van der Waals surface area contributed by atoms with E-state index in [1.165, 1.54) is 11.1 Å². The molecule has 2 rings (SSSR count). The van der Waals surface area contributed by atoms with Crippen LogP contribution in [-0.2, 0) is 9.59 Å². The summed E-state index contributed by atoms with van der Waals surface area (Å²) in [5.74, 6) is -2.68. The van der Waals surface area contributed by atoms with Gasteiger partial charge in [-0.3, -0.25) is 0 Å². The number of para-hydroxylation sites is 1. The van der Waals surface area contributed by atoms with Crippen LogP contribution >= 0.6 is 0 Å². The van der Waals surface area contributed by atoms with Crippen molar-refractivity contribution in [2.75, 3.05) is 13.2 Å². The number of hydrogen-bond acceptors (Lipinski definition) is 4. The van der Waals surface area contributed by atoms with Crippen LogP contribution in [0, 0.1) is 0 Å². The summed E-state index contributed by atoms with van der Waals surface area (Å²) >= 11 is 0. The molecule has 0 aliphatic heterocycles. The van der Waals surface area contributed by atoms with Crippen LogP contribution in [-0.4, -0.2) is 41.3 Å². The van der Waals surface area contributed by atoms with Crippen molar-refractivity contribution < 1.29 is 24.5 Å². The number of benzene rings is 2. The van der Waals surface area contributed by atoms with Gasteiger partial charge < -0.3 is 20.3 Å². The highest BCUT2D eigenvalue weighted by Gasteiger charge is 2.05. The molecule has 0 aliphatic rings. The van der Waals surface area contributed by atoms with Crippen LogP contribution in [0.25, 0.3) is 11.1 Å². The standard InChI is InChI=1S/C19H25NO.C2H2O4/c1-16(2)20-14-8-9-15-21-19-13-7-6-12-18(19)17-10-4-3-5-11-17;3-1(4)2(5)6/h3-7,10-13,16,20H,8-9,14-15H2,1-2H3;(H,3,4)(H,5,6). The zero-order valence-corrected chi connectivity index (χ0v) is 15.7. The predicted molar refractivity (Wildman–Crippen MR) is 105 cm³/mol. The molecule has 6 heteroatoms. The third kappa shape index (κ3) is 9.42.